The van der Waals surface area contributed by atoms with E-state index in [1.807, 2.05) is 55.5 Å². The minimum absolute atomic E-state index is 0.0728. The molecule has 0 aromatic heterocycles. The van der Waals surface area contributed by atoms with Crippen molar-refractivity contribution in [2.75, 3.05) is 27.3 Å². The molecule has 1 saturated heterocycles. The van der Waals surface area contributed by atoms with Gasteiger partial charge in [-0.3, -0.25) is 9.83 Å². The van der Waals surface area contributed by atoms with Crippen molar-refractivity contribution >= 4 is 24.5 Å². The molecule has 1 fully saturated rings. The molecule has 1 aliphatic heterocycles. The van der Waals surface area contributed by atoms with Crippen LogP contribution in [-0.4, -0.2) is 51.1 Å². The molecule has 0 aliphatic carbocycles. The fourth-order valence-corrected chi connectivity index (χ4v) is 3.73. The zero-order valence-corrected chi connectivity index (χ0v) is 18.3. The van der Waals surface area contributed by atoms with Crippen molar-refractivity contribution in [1.82, 2.24) is 10.4 Å². The molecule has 1 aliphatic rings. The summed E-state index contributed by atoms with van der Waals surface area (Å²) in [6.45, 7) is 6.93. The SMILES string of the molecule is C=Nc1c(/C=C\C)ccc(-c2ccc(OC3CCN(C(=O)NOC)CC3)cc2)c1OC. The summed E-state index contributed by atoms with van der Waals surface area (Å²) in [5, 5.41) is 0. The molecule has 0 spiro atoms. The summed E-state index contributed by atoms with van der Waals surface area (Å²) in [7, 11) is 3.07. The summed E-state index contributed by atoms with van der Waals surface area (Å²) in [5.41, 5.74) is 5.99. The standard InChI is InChI=1S/C24H29N3O4/c1-5-6-18-9-12-21(23(29-3)22(18)25-2)17-7-10-19(11-8-17)31-20-13-15-27(16-14-20)24(28)26-30-4/h5-12,20H,2,13-16H2,1,3-4H3,(H,26,28)/b6-5-. The Morgan fingerprint density at radius 1 is 1.16 bits per heavy atom. The van der Waals surface area contributed by atoms with Crippen LogP contribution in [0.4, 0.5) is 10.5 Å². The molecule has 1 N–H and O–H groups in total. The number of carbonyl (C=O) groups excluding carboxylic acids is 1. The number of likely N-dealkylation sites (tertiary alicyclic amines) is 1. The Labute approximate surface area is 183 Å². The number of hydroxylamine groups is 1. The highest BCUT2D eigenvalue weighted by atomic mass is 16.6. The van der Waals surface area contributed by atoms with Crippen LogP contribution in [0.3, 0.4) is 0 Å². The maximum atomic E-state index is 11.8. The van der Waals surface area contributed by atoms with Gasteiger partial charge in [-0.05, 0) is 37.4 Å². The number of nitrogens with zero attached hydrogens (tertiary/aromatic N) is 2. The Balaban J connectivity index is 1.70. The highest BCUT2D eigenvalue weighted by Gasteiger charge is 2.24. The fourth-order valence-electron chi connectivity index (χ4n) is 3.73. The first-order valence-corrected chi connectivity index (χ1v) is 10.3. The molecule has 2 aromatic carbocycles. The van der Waals surface area contributed by atoms with Gasteiger partial charge in [0.05, 0.1) is 14.2 Å². The molecule has 0 radical (unpaired) electrons. The van der Waals surface area contributed by atoms with Gasteiger partial charge in [0.2, 0.25) is 0 Å². The molecule has 31 heavy (non-hydrogen) atoms. The van der Waals surface area contributed by atoms with Crippen LogP contribution in [0.2, 0.25) is 0 Å². The lowest BCUT2D eigenvalue weighted by molar-refractivity contribution is 0.0668. The predicted octanol–water partition coefficient (Wildman–Crippen LogP) is 4.84. The van der Waals surface area contributed by atoms with E-state index in [0.717, 1.165) is 41.0 Å². The molecule has 164 valence electrons. The molecule has 0 unspecified atom stereocenters. The third-order valence-corrected chi connectivity index (χ3v) is 5.26. The molecule has 3 rings (SSSR count). The summed E-state index contributed by atoms with van der Waals surface area (Å²) in [6.07, 6.45) is 5.56. The first-order chi connectivity index (χ1) is 15.1. The van der Waals surface area contributed by atoms with E-state index >= 15 is 0 Å². The number of hydrogen-bond donors (Lipinski definition) is 1. The number of urea groups is 1. The summed E-state index contributed by atoms with van der Waals surface area (Å²) in [4.78, 5) is 22.4. The largest absolute Gasteiger partial charge is 0.494 e. The molecule has 0 bridgehead atoms. The molecule has 2 aromatic rings. The highest BCUT2D eigenvalue weighted by molar-refractivity contribution is 5.83. The second-order valence-corrected chi connectivity index (χ2v) is 7.18. The van der Waals surface area contributed by atoms with E-state index in [1.54, 1.807) is 12.0 Å². The fraction of sp³-hybridized carbons (Fsp3) is 0.333. The lowest BCUT2D eigenvalue weighted by Gasteiger charge is -2.31. The first-order valence-electron chi connectivity index (χ1n) is 10.3. The Morgan fingerprint density at radius 2 is 1.87 bits per heavy atom. The Morgan fingerprint density at radius 3 is 2.45 bits per heavy atom. The summed E-state index contributed by atoms with van der Waals surface area (Å²) >= 11 is 0. The molecule has 0 saturated carbocycles. The normalized spacial score (nSPS) is 14.5. The van der Waals surface area contributed by atoms with Gasteiger partial charge in [-0.2, -0.15) is 0 Å². The highest BCUT2D eigenvalue weighted by Crippen LogP contribution is 2.41. The van der Waals surface area contributed by atoms with Gasteiger partial charge in [0.25, 0.3) is 0 Å². The minimum Gasteiger partial charge on any atom is -0.494 e. The summed E-state index contributed by atoms with van der Waals surface area (Å²) < 4.78 is 11.8. The van der Waals surface area contributed by atoms with Crippen molar-refractivity contribution in [3.05, 3.63) is 48.0 Å². The lowest BCUT2D eigenvalue weighted by atomic mass is 10.00. The summed E-state index contributed by atoms with van der Waals surface area (Å²) in [6, 6.07) is 11.8. The molecule has 7 nitrogen and oxygen atoms in total. The Bertz CT molecular complexity index is 933. The predicted molar refractivity (Wildman–Crippen MR) is 123 cm³/mol. The Hall–Kier alpha value is -3.32. The van der Waals surface area contributed by atoms with Crippen LogP contribution in [-0.2, 0) is 4.84 Å². The average molecular weight is 424 g/mol. The van der Waals surface area contributed by atoms with Gasteiger partial charge in [-0.25, -0.2) is 10.3 Å². The van der Waals surface area contributed by atoms with Gasteiger partial charge in [0.15, 0.2) is 5.75 Å². The van der Waals surface area contributed by atoms with E-state index in [2.05, 4.69) is 22.0 Å². The molecular weight excluding hydrogens is 394 g/mol. The number of hydrogen-bond acceptors (Lipinski definition) is 5. The number of ether oxygens (including phenoxy) is 2. The number of nitrogens with one attached hydrogen (secondary N) is 1. The van der Waals surface area contributed by atoms with Crippen molar-refractivity contribution in [2.45, 2.75) is 25.9 Å². The zero-order valence-electron chi connectivity index (χ0n) is 18.3. The van der Waals surface area contributed by atoms with Crippen molar-refractivity contribution in [2.24, 2.45) is 4.99 Å². The van der Waals surface area contributed by atoms with Gasteiger partial charge in [-0.1, -0.05) is 30.4 Å². The van der Waals surface area contributed by atoms with Crippen LogP contribution in [0.25, 0.3) is 17.2 Å². The number of methoxy groups -OCH3 is 1. The number of aliphatic imine (C=N–C) groups is 1. The number of benzene rings is 2. The minimum atomic E-state index is -0.215. The van der Waals surface area contributed by atoms with Gasteiger partial charge < -0.3 is 14.4 Å². The monoisotopic (exact) mass is 423 g/mol. The summed E-state index contributed by atoms with van der Waals surface area (Å²) in [5.74, 6) is 1.50. The number of piperidine rings is 1. The molecule has 0 atom stereocenters. The van der Waals surface area contributed by atoms with E-state index in [9.17, 15) is 4.79 Å². The van der Waals surface area contributed by atoms with Crippen molar-refractivity contribution in [3.8, 4) is 22.6 Å². The van der Waals surface area contributed by atoms with Gasteiger partial charge in [-0.15, -0.1) is 0 Å². The quantitative estimate of drug-likeness (QED) is 0.511. The van der Waals surface area contributed by atoms with Crippen LogP contribution < -0.4 is 15.0 Å². The van der Waals surface area contributed by atoms with Gasteiger partial charge in [0.1, 0.15) is 17.5 Å². The topological polar surface area (TPSA) is 72.4 Å². The second kappa shape index (κ2) is 10.6. The molecular formula is C24H29N3O4. The van der Waals surface area contributed by atoms with Crippen molar-refractivity contribution < 1.29 is 19.1 Å². The van der Waals surface area contributed by atoms with E-state index in [1.165, 1.54) is 7.11 Å². The van der Waals surface area contributed by atoms with E-state index < -0.39 is 0 Å². The van der Waals surface area contributed by atoms with E-state index in [4.69, 9.17) is 9.47 Å². The average Bonchev–Trinajstić information content (AvgIpc) is 2.80. The number of carbonyl (C=O) groups is 1. The number of rotatable bonds is 7. The third kappa shape index (κ3) is 5.24. The van der Waals surface area contributed by atoms with Gasteiger partial charge >= 0.3 is 6.03 Å². The van der Waals surface area contributed by atoms with Crippen LogP contribution in [0.5, 0.6) is 11.5 Å². The maximum Gasteiger partial charge on any atom is 0.341 e. The zero-order chi connectivity index (χ0) is 22.2. The Kier molecular flexibility index (Phi) is 7.67. The van der Waals surface area contributed by atoms with Crippen LogP contribution >= 0.6 is 0 Å². The van der Waals surface area contributed by atoms with E-state index in [-0.39, 0.29) is 12.1 Å². The van der Waals surface area contributed by atoms with E-state index in [0.29, 0.717) is 18.8 Å². The van der Waals surface area contributed by atoms with Crippen molar-refractivity contribution in [1.29, 1.82) is 0 Å². The van der Waals surface area contributed by atoms with Gasteiger partial charge in [0, 0.05) is 37.1 Å². The van der Waals surface area contributed by atoms with Crippen molar-refractivity contribution in [3.63, 3.8) is 0 Å². The van der Waals surface area contributed by atoms with Crippen LogP contribution in [0.1, 0.15) is 25.3 Å². The number of amides is 2. The third-order valence-electron chi connectivity index (χ3n) is 5.26. The molecule has 7 heteroatoms. The number of allylic oxidation sites excluding steroid dienone is 1. The molecule has 1 heterocycles. The smallest absolute Gasteiger partial charge is 0.341 e. The first kappa shape index (κ1) is 22.4. The maximum absolute atomic E-state index is 11.8. The van der Waals surface area contributed by atoms with Crippen LogP contribution in [0, 0.1) is 0 Å². The van der Waals surface area contributed by atoms with Crippen LogP contribution in [0.15, 0.2) is 47.5 Å². The molecule has 2 amide bonds. The second-order valence-electron chi connectivity index (χ2n) is 7.18. The lowest BCUT2D eigenvalue weighted by Crippen LogP contribution is -2.46.